The SMILES string of the molecule is COc1ccc(CN2C(=O)C(=CC=Cc3ccc([N+](=O)[O-])cc3)c3ccccc32)cc1.O=C1C(=CC=Cc2ccc([N+](=O)[O-])cc2)c2ccccc2N1Cc1ccc(O)cc1. The van der Waals surface area contributed by atoms with Crippen LogP contribution >= 0.6 is 0 Å². The van der Waals surface area contributed by atoms with Crippen LogP contribution in [0.5, 0.6) is 11.5 Å². The van der Waals surface area contributed by atoms with Crippen LogP contribution < -0.4 is 14.5 Å². The van der Waals surface area contributed by atoms with Gasteiger partial charge in [0.2, 0.25) is 0 Å². The van der Waals surface area contributed by atoms with E-state index in [2.05, 4.69) is 0 Å². The summed E-state index contributed by atoms with van der Waals surface area (Å²) in [5, 5.41) is 31.0. The molecule has 12 heteroatoms. The van der Waals surface area contributed by atoms with Gasteiger partial charge in [-0.15, -0.1) is 0 Å². The molecule has 8 rings (SSSR count). The molecule has 0 aromatic heterocycles. The van der Waals surface area contributed by atoms with Crippen molar-refractivity contribution in [2.24, 2.45) is 0 Å². The van der Waals surface area contributed by atoms with E-state index in [0.29, 0.717) is 24.2 Å². The van der Waals surface area contributed by atoms with Crippen molar-refractivity contribution in [3.8, 4) is 11.5 Å². The highest BCUT2D eigenvalue weighted by molar-refractivity contribution is 6.33. The van der Waals surface area contributed by atoms with Crippen LogP contribution in [0.3, 0.4) is 0 Å². The summed E-state index contributed by atoms with van der Waals surface area (Å²) in [5.41, 5.74) is 8.27. The average Bonchev–Trinajstić information content (AvgIpc) is 3.70. The number of hydrogen-bond acceptors (Lipinski definition) is 8. The number of nitrogens with zero attached hydrogens (tertiary/aromatic N) is 4. The van der Waals surface area contributed by atoms with Crippen LogP contribution in [0, 0.1) is 20.2 Å². The first-order valence-corrected chi connectivity index (χ1v) is 19.1. The largest absolute Gasteiger partial charge is 0.508 e. The van der Waals surface area contributed by atoms with Gasteiger partial charge in [-0.3, -0.25) is 29.8 Å². The Kier molecular flexibility index (Phi) is 12.4. The number of hydrogen-bond donors (Lipinski definition) is 1. The lowest BCUT2D eigenvalue weighted by Gasteiger charge is -2.17. The van der Waals surface area contributed by atoms with Gasteiger partial charge in [0.15, 0.2) is 0 Å². The molecule has 0 radical (unpaired) electrons. The molecule has 302 valence electrons. The summed E-state index contributed by atoms with van der Waals surface area (Å²) in [4.78, 5) is 50.4. The van der Waals surface area contributed by atoms with Crippen molar-refractivity contribution in [3.63, 3.8) is 0 Å². The van der Waals surface area contributed by atoms with Gasteiger partial charge >= 0.3 is 0 Å². The number of carbonyl (C=O) groups excluding carboxylic acids is 2. The first-order valence-electron chi connectivity index (χ1n) is 19.1. The molecule has 0 atom stereocenters. The van der Waals surface area contributed by atoms with Gasteiger partial charge < -0.3 is 19.6 Å². The van der Waals surface area contributed by atoms with Crippen LogP contribution in [0.15, 0.2) is 170 Å². The molecule has 2 amide bonds. The maximum Gasteiger partial charge on any atom is 0.269 e. The highest BCUT2D eigenvalue weighted by Gasteiger charge is 2.32. The van der Waals surface area contributed by atoms with Gasteiger partial charge in [-0.2, -0.15) is 0 Å². The monoisotopic (exact) mass is 810 g/mol. The lowest BCUT2D eigenvalue weighted by Crippen LogP contribution is -2.25. The minimum absolute atomic E-state index is 0.0373. The number of para-hydroxylation sites is 2. The fourth-order valence-electron chi connectivity index (χ4n) is 6.87. The molecule has 0 aliphatic carbocycles. The standard InChI is InChI=1S/C25H20N2O4.C24H18N2O4/c1-31-21-15-11-19(12-16-21)17-26-24-8-3-2-6-22(24)23(25(26)28)7-4-5-18-9-13-20(14-10-18)27(29)30;27-20-14-10-18(11-15-20)16-25-23-7-2-1-5-21(23)22(24(25)28)6-3-4-17-8-12-19(13-9-17)26(29)30/h2-16H,17H2,1H3;1-15,27H,16H2. The van der Waals surface area contributed by atoms with Gasteiger partial charge in [-0.1, -0.05) is 85.0 Å². The summed E-state index contributed by atoms with van der Waals surface area (Å²) >= 11 is 0. The normalized spacial score (nSPS) is 14.4. The fraction of sp³-hybridized carbons (Fsp3) is 0.0612. The van der Waals surface area contributed by atoms with E-state index < -0.39 is 9.85 Å². The van der Waals surface area contributed by atoms with Gasteiger partial charge in [0.25, 0.3) is 23.2 Å². The lowest BCUT2D eigenvalue weighted by atomic mass is 10.1. The molecular formula is C49H38N4O8. The van der Waals surface area contributed by atoms with Crippen molar-refractivity contribution >= 4 is 57.9 Å². The molecule has 0 saturated carbocycles. The number of non-ortho nitro benzene ring substituents is 2. The number of fused-ring (bicyclic) bond motifs is 2. The number of benzene rings is 6. The van der Waals surface area contributed by atoms with Gasteiger partial charge in [0.1, 0.15) is 11.5 Å². The van der Waals surface area contributed by atoms with E-state index in [1.807, 2.05) is 78.9 Å². The summed E-state index contributed by atoms with van der Waals surface area (Å²) in [6, 6.07) is 42.3. The van der Waals surface area contributed by atoms with Gasteiger partial charge in [0, 0.05) is 46.5 Å². The van der Waals surface area contributed by atoms with E-state index in [0.717, 1.165) is 50.5 Å². The Balaban J connectivity index is 0.000000184. The number of phenols is 1. The number of allylic oxidation sites excluding steroid dienone is 4. The second kappa shape index (κ2) is 18.5. The van der Waals surface area contributed by atoms with E-state index in [4.69, 9.17) is 4.74 Å². The quantitative estimate of drug-likeness (QED) is 0.0770. The Hall–Kier alpha value is -8.38. The highest BCUT2D eigenvalue weighted by atomic mass is 16.6. The minimum Gasteiger partial charge on any atom is -0.508 e. The summed E-state index contributed by atoms with van der Waals surface area (Å²) in [7, 11) is 1.62. The number of phenolic OH excluding ortho intramolecular Hbond substituents is 1. The molecule has 0 fully saturated rings. The smallest absolute Gasteiger partial charge is 0.269 e. The lowest BCUT2D eigenvalue weighted by molar-refractivity contribution is -0.385. The van der Waals surface area contributed by atoms with Crippen molar-refractivity contribution in [1.82, 2.24) is 0 Å². The molecule has 2 aliphatic rings. The van der Waals surface area contributed by atoms with Crippen LogP contribution in [0.25, 0.3) is 23.3 Å². The third-order valence-corrected chi connectivity index (χ3v) is 10.0. The third-order valence-electron chi connectivity index (χ3n) is 10.0. The number of ether oxygens (including phenoxy) is 1. The molecule has 6 aromatic rings. The zero-order chi connectivity index (χ0) is 42.9. The van der Waals surface area contributed by atoms with E-state index in [1.165, 1.54) is 24.3 Å². The topological polar surface area (TPSA) is 156 Å². The molecule has 2 heterocycles. The van der Waals surface area contributed by atoms with Crippen LogP contribution in [0.4, 0.5) is 22.7 Å². The molecule has 0 spiro atoms. The second-order valence-corrected chi connectivity index (χ2v) is 13.9. The van der Waals surface area contributed by atoms with Gasteiger partial charge in [-0.05, 0) is 95.1 Å². The van der Waals surface area contributed by atoms with Gasteiger partial charge in [0.05, 0.1) is 41.4 Å². The maximum absolute atomic E-state index is 13.2. The third kappa shape index (κ3) is 9.51. The molecule has 61 heavy (non-hydrogen) atoms. The molecule has 1 N–H and O–H groups in total. The summed E-state index contributed by atoms with van der Waals surface area (Å²) in [5.74, 6) is 0.792. The molecule has 2 aliphatic heterocycles. The molecule has 6 aromatic carbocycles. The number of rotatable bonds is 11. The van der Waals surface area contributed by atoms with Crippen molar-refractivity contribution < 1.29 is 29.3 Å². The minimum atomic E-state index is -0.438. The van der Waals surface area contributed by atoms with E-state index >= 15 is 0 Å². The van der Waals surface area contributed by atoms with Crippen molar-refractivity contribution in [1.29, 1.82) is 0 Å². The Morgan fingerprint density at radius 3 is 1.34 bits per heavy atom. The fourth-order valence-corrected chi connectivity index (χ4v) is 6.87. The van der Waals surface area contributed by atoms with E-state index in [9.17, 15) is 34.9 Å². The first-order chi connectivity index (χ1) is 29.6. The zero-order valence-corrected chi connectivity index (χ0v) is 32.8. The predicted molar refractivity (Wildman–Crippen MR) is 237 cm³/mol. The van der Waals surface area contributed by atoms with Crippen molar-refractivity contribution in [3.05, 3.63) is 224 Å². The number of amides is 2. The van der Waals surface area contributed by atoms with Crippen molar-refractivity contribution in [2.45, 2.75) is 13.1 Å². The van der Waals surface area contributed by atoms with Crippen LogP contribution in [-0.4, -0.2) is 33.9 Å². The molecule has 0 saturated heterocycles. The van der Waals surface area contributed by atoms with Crippen molar-refractivity contribution in [2.75, 3.05) is 16.9 Å². The average molecular weight is 811 g/mol. The van der Waals surface area contributed by atoms with E-state index in [1.54, 1.807) is 95.8 Å². The number of methoxy groups -OCH3 is 1. The molecular weight excluding hydrogens is 773 g/mol. The van der Waals surface area contributed by atoms with Crippen LogP contribution in [-0.2, 0) is 22.7 Å². The number of nitro groups is 2. The maximum atomic E-state index is 13.2. The number of carbonyl (C=O) groups is 2. The number of anilines is 2. The van der Waals surface area contributed by atoms with Crippen LogP contribution in [0.2, 0.25) is 0 Å². The summed E-state index contributed by atoms with van der Waals surface area (Å²) < 4.78 is 5.20. The predicted octanol–water partition coefficient (Wildman–Crippen LogP) is 10.2. The second-order valence-electron chi connectivity index (χ2n) is 13.9. The Labute approximate surface area is 351 Å². The molecule has 0 unspecified atom stereocenters. The van der Waals surface area contributed by atoms with Crippen LogP contribution in [0.1, 0.15) is 33.4 Å². The summed E-state index contributed by atoms with van der Waals surface area (Å²) in [6.45, 7) is 0.864. The number of nitro benzene ring substituents is 2. The zero-order valence-electron chi connectivity index (χ0n) is 32.8. The van der Waals surface area contributed by atoms with E-state index in [-0.39, 0.29) is 28.9 Å². The Bertz CT molecular complexity index is 2720. The Morgan fingerprint density at radius 2 is 0.951 bits per heavy atom. The van der Waals surface area contributed by atoms with Gasteiger partial charge in [-0.25, -0.2) is 0 Å². The highest BCUT2D eigenvalue weighted by Crippen LogP contribution is 2.39. The molecule has 0 bridgehead atoms. The summed E-state index contributed by atoms with van der Waals surface area (Å²) in [6.07, 6.45) is 10.7. The first kappa shape index (κ1) is 40.8. The molecule has 12 nitrogen and oxygen atoms in total. The number of aromatic hydroxyl groups is 1. The Morgan fingerprint density at radius 1 is 0.557 bits per heavy atom.